The number of fused-ring (bicyclic) bond motifs is 1. The average molecular weight is 530 g/mol. The Bertz CT molecular complexity index is 1560. The standard InChI is InChI=1S/C29H28FN5O4/c1-33(2)17-25(36)34(3)21-11-7-20(8-12-21)31-27(26-23-13-6-19(30)16-24(23)32-28(26)37)18-4-9-22(10-5-18)35-14-15-39-29(35)38/h4-13,16,32,37H,14-15,17H2,1-3H3. The first-order valence-electron chi connectivity index (χ1n) is 12.4. The van der Waals surface area contributed by atoms with Gasteiger partial charge in [-0.05, 0) is 68.7 Å². The van der Waals surface area contributed by atoms with E-state index in [-0.39, 0.29) is 18.3 Å². The summed E-state index contributed by atoms with van der Waals surface area (Å²) in [6.07, 6.45) is -0.401. The molecule has 10 heteroatoms. The zero-order valence-electron chi connectivity index (χ0n) is 21.8. The van der Waals surface area contributed by atoms with Crippen molar-refractivity contribution in [2.24, 2.45) is 4.99 Å². The predicted molar refractivity (Wildman–Crippen MR) is 149 cm³/mol. The minimum Gasteiger partial charge on any atom is -0.494 e. The van der Waals surface area contributed by atoms with Crippen molar-refractivity contribution in [2.45, 2.75) is 0 Å². The lowest BCUT2D eigenvalue weighted by Gasteiger charge is -2.19. The summed E-state index contributed by atoms with van der Waals surface area (Å²) < 4.78 is 18.9. The van der Waals surface area contributed by atoms with Gasteiger partial charge in [-0.3, -0.25) is 9.69 Å². The first-order valence-corrected chi connectivity index (χ1v) is 12.4. The highest BCUT2D eigenvalue weighted by Gasteiger charge is 2.24. The Morgan fingerprint density at radius 1 is 1.08 bits per heavy atom. The van der Waals surface area contributed by atoms with E-state index in [1.165, 1.54) is 12.1 Å². The van der Waals surface area contributed by atoms with Crippen LogP contribution in [0.1, 0.15) is 11.1 Å². The second kappa shape index (κ2) is 10.6. The van der Waals surface area contributed by atoms with Crippen molar-refractivity contribution >= 4 is 45.7 Å². The lowest BCUT2D eigenvalue weighted by Crippen LogP contribution is -2.34. The molecule has 0 spiro atoms. The minimum absolute atomic E-state index is 0.0464. The Hall–Kier alpha value is -4.70. The van der Waals surface area contributed by atoms with E-state index < -0.39 is 11.9 Å². The summed E-state index contributed by atoms with van der Waals surface area (Å²) in [7, 11) is 5.39. The molecule has 0 aliphatic carbocycles. The Balaban J connectivity index is 1.56. The summed E-state index contributed by atoms with van der Waals surface area (Å²) in [6.45, 7) is 1.08. The van der Waals surface area contributed by atoms with Crippen LogP contribution in [0.15, 0.2) is 71.7 Å². The Morgan fingerprint density at radius 2 is 1.79 bits per heavy atom. The number of aliphatic imine (C=N–C) groups is 1. The second-order valence-electron chi connectivity index (χ2n) is 9.52. The highest BCUT2D eigenvalue weighted by Crippen LogP contribution is 2.33. The third kappa shape index (κ3) is 5.32. The average Bonchev–Trinajstić information content (AvgIpc) is 3.48. The smallest absolute Gasteiger partial charge is 0.414 e. The number of aromatic nitrogens is 1. The topological polar surface area (TPSA) is 101 Å². The fourth-order valence-electron chi connectivity index (χ4n) is 4.49. The molecule has 0 saturated carbocycles. The molecule has 5 rings (SSSR count). The monoisotopic (exact) mass is 529 g/mol. The van der Waals surface area contributed by atoms with Crippen LogP contribution in [0.2, 0.25) is 0 Å². The number of H-pyrrole nitrogens is 1. The third-order valence-electron chi connectivity index (χ3n) is 6.49. The number of hydrogen-bond acceptors (Lipinski definition) is 6. The van der Waals surface area contributed by atoms with Crippen LogP contribution in [0.5, 0.6) is 5.88 Å². The molecule has 0 atom stereocenters. The number of aromatic hydroxyl groups is 1. The van der Waals surface area contributed by atoms with Crippen molar-refractivity contribution in [2.75, 3.05) is 50.6 Å². The van der Waals surface area contributed by atoms with Crippen molar-refractivity contribution in [1.82, 2.24) is 9.88 Å². The molecule has 1 aromatic heterocycles. The SMILES string of the molecule is CN(C)CC(=O)N(C)c1ccc(N=C(c2ccc(N3CCOC3=O)cc2)c2c(O)[nH]c3cc(F)ccc23)cc1. The number of nitrogens with zero attached hydrogens (tertiary/aromatic N) is 4. The number of hydrogen-bond donors (Lipinski definition) is 2. The highest BCUT2D eigenvalue weighted by molar-refractivity contribution is 6.22. The Kier molecular flexibility index (Phi) is 7.03. The van der Waals surface area contributed by atoms with Crippen LogP contribution in [-0.2, 0) is 9.53 Å². The van der Waals surface area contributed by atoms with Gasteiger partial charge in [0.2, 0.25) is 5.91 Å². The zero-order chi connectivity index (χ0) is 27.7. The van der Waals surface area contributed by atoms with E-state index in [0.29, 0.717) is 52.3 Å². The molecule has 4 aromatic rings. The van der Waals surface area contributed by atoms with Crippen molar-refractivity contribution < 1.29 is 23.8 Å². The fraction of sp³-hybridized carbons (Fsp3) is 0.207. The van der Waals surface area contributed by atoms with Crippen LogP contribution >= 0.6 is 0 Å². The van der Waals surface area contributed by atoms with Gasteiger partial charge in [0.05, 0.1) is 35.6 Å². The molecular weight excluding hydrogens is 501 g/mol. The summed E-state index contributed by atoms with van der Waals surface area (Å²) in [5.41, 5.74) is 3.96. The molecule has 0 radical (unpaired) electrons. The number of nitrogens with one attached hydrogen (secondary N) is 1. The molecule has 39 heavy (non-hydrogen) atoms. The molecule has 9 nitrogen and oxygen atoms in total. The van der Waals surface area contributed by atoms with Crippen molar-refractivity contribution in [1.29, 1.82) is 0 Å². The molecule has 1 aliphatic heterocycles. The highest BCUT2D eigenvalue weighted by atomic mass is 19.1. The summed E-state index contributed by atoms with van der Waals surface area (Å²) in [5, 5.41) is 11.5. The van der Waals surface area contributed by atoms with Gasteiger partial charge in [0, 0.05) is 29.4 Å². The summed E-state index contributed by atoms with van der Waals surface area (Å²) >= 11 is 0. The maximum absolute atomic E-state index is 13.9. The number of cyclic esters (lactones) is 1. The normalized spacial score (nSPS) is 13.8. The van der Waals surface area contributed by atoms with Gasteiger partial charge in [-0.15, -0.1) is 0 Å². The van der Waals surface area contributed by atoms with Crippen LogP contribution < -0.4 is 9.80 Å². The van der Waals surface area contributed by atoms with Crippen molar-refractivity contribution in [3.63, 3.8) is 0 Å². The number of carbonyl (C=O) groups is 2. The van der Waals surface area contributed by atoms with E-state index in [0.717, 1.165) is 5.69 Å². The van der Waals surface area contributed by atoms with Gasteiger partial charge in [0.1, 0.15) is 12.4 Å². The van der Waals surface area contributed by atoms with E-state index in [1.807, 2.05) is 26.2 Å². The van der Waals surface area contributed by atoms with Crippen LogP contribution in [-0.4, -0.2) is 73.5 Å². The Morgan fingerprint density at radius 3 is 2.44 bits per heavy atom. The maximum Gasteiger partial charge on any atom is 0.414 e. The second-order valence-corrected chi connectivity index (χ2v) is 9.52. The van der Waals surface area contributed by atoms with Crippen LogP contribution in [0.25, 0.3) is 10.9 Å². The largest absolute Gasteiger partial charge is 0.494 e. The van der Waals surface area contributed by atoms with E-state index in [4.69, 9.17) is 9.73 Å². The molecule has 2 amide bonds. The number of rotatable bonds is 7. The molecule has 1 fully saturated rings. The van der Waals surface area contributed by atoms with Crippen LogP contribution in [0, 0.1) is 5.82 Å². The van der Waals surface area contributed by atoms with Gasteiger partial charge in [-0.25, -0.2) is 14.2 Å². The number of halogens is 1. The number of anilines is 2. The first-order chi connectivity index (χ1) is 18.7. The van der Waals surface area contributed by atoms with E-state index in [1.54, 1.807) is 64.2 Å². The van der Waals surface area contributed by atoms with Crippen molar-refractivity contribution in [3.8, 4) is 5.88 Å². The molecule has 200 valence electrons. The molecular formula is C29H28FN5O4. The first kappa shape index (κ1) is 25.9. The molecule has 1 aliphatic rings. The van der Waals surface area contributed by atoms with Gasteiger partial charge in [-0.1, -0.05) is 12.1 Å². The van der Waals surface area contributed by atoms with Gasteiger partial charge >= 0.3 is 6.09 Å². The summed E-state index contributed by atoms with van der Waals surface area (Å²) in [4.78, 5) is 37.1. The number of carbonyl (C=O) groups excluding carboxylic acids is 2. The van der Waals surface area contributed by atoms with Crippen LogP contribution in [0.4, 0.5) is 26.2 Å². The number of benzene rings is 3. The molecule has 0 bridgehead atoms. The lowest BCUT2D eigenvalue weighted by atomic mass is 10.00. The number of aromatic amines is 1. The van der Waals surface area contributed by atoms with E-state index >= 15 is 0 Å². The maximum atomic E-state index is 13.9. The van der Waals surface area contributed by atoms with Gasteiger partial charge in [-0.2, -0.15) is 0 Å². The van der Waals surface area contributed by atoms with E-state index in [2.05, 4.69) is 4.98 Å². The lowest BCUT2D eigenvalue weighted by molar-refractivity contribution is -0.118. The minimum atomic E-state index is -0.431. The molecule has 2 heterocycles. The Labute approximate surface area is 224 Å². The van der Waals surface area contributed by atoms with Gasteiger partial charge < -0.3 is 24.6 Å². The predicted octanol–water partition coefficient (Wildman–Crippen LogP) is 4.66. The van der Waals surface area contributed by atoms with Gasteiger partial charge in [0.25, 0.3) is 0 Å². The quantitative estimate of drug-likeness (QED) is 0.339. The van der Waals surface area contributed by atoms with Crippen molar-refractivity contribution in [3.05, 3.63) is 83.7 Å². The summed E-state index contributed by atoms with van der Waals surface area (Å²) in [5.74, 6) is -0.624. The molecule has 0 unspecified atom stereocenters. The van der Waals surface area contributed by atoms with Gasteiger partial charge in [0.15, 0.2) is 5.88 Å². The van der Waals surface area contributed by atoms with E-state index in [9.17, 15) is 19.1 Å². The fourth-order valence-corrected chi connectivity index (χ4v) is 4.49. The zero-order valence-corrected chi connectivity index (χ0v) is 21.8. The molecule has 1 saturated heterocycles. The summed E-state index contributed by atoms with van der Waals surface area (Å²) in [6, 6.07) is 18.6. The number of ether oxygens (including phenoxy) is 1. The molecule has 2 N–H and O–H groups in total. The third-order valence-corrected chi connectivity index (χ3v) is 6.49. The van der Waals surface area contributed by atoms with Crippen LogP contribution in [0.3, 0.4) is 0 Å². The molecule has 3 aromatic carbocycles. The number of amides is 2. The number of likely N-dealkylation sites (N-methyl/N-ethyl adjacent to an activating group) is 2.